The number of pyridine rings is 1. The normalized spacial score (nSPS) is 15.4. The third-order valence-corrected chi connectivity index (χ3v) is 5.39. The van der Waals surface area contributed by atoms with Crippen molar-refractivity contribution < 1.29 is 4.74 Å². The van der Waals surface area contributed by atoms with Crippen molar-refractivity contribution >= 4 is 22.8 Å². The first-order valence-electron chi connectivity index (χ1n) is 9.88. The average Bonchev–Trinajstić information content (AvgIpc) is 2.74. The Morgan fingerprint density at radius 1 is 1.00 bits per heavy atom. The van der Waals surface area contributed by atoms with Crippen molar-refractivity contribution in [3.05, 3.63) is 71.8 Å². The summed E-state index contributed by atoms with van der Waals surface area (Å²) < 4.78 is 5.53. The maximum atomic E-state index is 5.53. The van der Waals surface area contributed by atoms with Crippen LogP contribution in [-0.4, -0.2) is 49.7 Å². The molecule has 0 unspecified atom stereocenters. The predicted molar refractivity (Wildman–Crippen MR) is 117 cm³/mol. The first kappa shape index (κ1) is 18.5. The fraction of sp³-hybridized carbons (Fsp3) is 0.292. The fourth-order valence-corrected chi connectivity index (χ4v) is 3.76. The van der Waals surface area contributed by atoms with Gasteiger partial charge in [-0.1, -0.05) is 54.6 Å². The molecule has 4 rings (SSSR count). The Morgan fingerprint density at radius 2 is 1.79 bits per heavy atom. The SMILES string of the molecule is COc1cccc2c(C)cc(N3CCN(C/C=C/c4ccccc4)CC3)nc12. The van der Waals surface area contributed by atoms with E-state index in [1.165, 1.54) is 11.1 Å². The summed E-state index contributed by atoms with van der Waals surface area (Å²) in [6.07, 6.45) is 4.46. The molecule has 1 aliphatic heterocycles. The van der Waals surface area contributed by atoms with Gasteiger partial charge in [0.25, 0.3) is 0 Å². The van der Waals surface area contributed by atoms with E-state index < -0.39 is 0 Å². The Hall–Kier alpha value is -2.85. The minimum Gasteiger partial charge on any atom is -0.494 e. The highest BCUT2D eigenvalue weighted by Crippen LogP contribution is 2.29. The standard InChI is InChI=1S/C24H27N3O/c1-19-18-23(25-24-21(19)11-6-12-22(24)28-2)27-16-14-26(15-17-27)13-7-10-20-8-4-3-5-9-20/h3-12,18H,13-17H2,1-2H3/b10-7+. The van der Waals surface area contributed by atoms with Gasteiger partial charge in [0.2, 0.25) is 0 Å². The first-order valence-corrected chi connectivity index (χ1v) is 9.88. The van der Waals surface area contributed by atoms with Gasteiger partial charge in [-0.3, -0.25) is 4.90 Å². The molecule has 1 fully saturated rings. The number of methoxy groups -OCH3 is 1. The molecule has 0 saturated carbocycles. The monoisotopic (exact) mass is 373 g/mol. The molecule has 144 valence electrons. The van der Waals surface area contributed by atoms with E-state index in [0.29, 0.717) is 0 Å². The molecule has 0 radical (unpaired) electrons. The topological polar surface area (TPSA) is 28.6 Å². The van der Waals surface area contributed by atoms with E-state index in [1.54, 1.807) is 7.11 Å². The van der Waals surface area contributed by atoms with Gasteiger partial charge in [0.1, 0.15) is 17.1 Å². The van der Waals surface area contributed by atoms with Gasteiger partial charge >= 0.3 is 0 Å². The van der Waals surface area contributed by atoms with E-state index in [0.717, 1.165) is 55.2 Å². The minimum atomic E-state index is 0.840. The van der Waals surface area contributed by atoms with Crippen molar-refractivity contribution in [1.82, 2.24) is 9.88 Å². The molecule has 0 atom stereocenters. The summed E-state index contributed by atoms with van der Waals surface area (Å²) in [5, 5.41) is 1.16. The lowest BCUT2D eigenvalue weighted by molar-refractivity contribution is 0.284. The molecule has 0 spiro atoms. The lowest BCUT2D eigenvalue weighted by Crippen LogP contribution is -2.46. The van der Waals surface area contributed by atoms with Crippen molar-refractivity contribution in [3.63, 3.8) is 0 Å². The second kappa shape index (κ2) is 8.44. The van der Waals surface area contributed by atoms with Gasteiger partial charge in [-0.15, -0.1) is 0 Å². The Labute approximate surface area is 167 Å². The predicted octanol–water partition coefficient (Wildman–Crippen LogP) is 4.39. The van der Waals surface area contributed by atoms with E-state index in [4.69, 9.17) is 9.72 Å². The van der Waals surface area contributed by atoms with Gasteiger partial charge in [0.15, 0.2) is 0 Å². The van der Waals surface area contributed by atoms with E-state index in [2.05, 4.69) is 71.3 Å². The molecule has 1 aliphatic rings. The van der Waals surface area contributed by atoms with Crippen LogP contribution in [0.2, 0.25) is 0 Å². The Kier molecular flexibility index (Phi) is 5.58. The molecule has 0 amide bonds. The third kappa shape index (κ3) is 4.02. The highest BCUT2D eigenvalue weighted by molar-refractivity contribution is 5.88. The number of para-hydroxylation sites is 1. The molecular formula is C24H27N3O. The highest BCUT2D eigenvalue weighted by Gasteiger charge is 2.18. The number of hydrogen-bond donors (Lipinski definition) is 0. The van der Waals surface area contributed by atoms with Crippen molar-refractivity contribution in [2.75, 3.05) is 44.7 Å². The summed E-state index contributed by atoms with van der Waals surface area (Å²) in [7, 11) is 1.71. The van der Waals surface area contributed by atoms with Crippen molar-refractivity contribution in [3.8, 4) is 5.75 Å². The van der Waals surface area contributed by atoms with Gasteiger partial charge in [0, 0.05) is 38.1 Å². The van der Waals surface area contributed by atoms with Gasteiger partial charge in [0.05, 0.1) is 7.11 Å². The van der Waals surface area contributed by atoms with Crippen LogP contribution in [0.5, 0.6) is 5.75 Å². The number of piperazine rings is 1. The van der Waals surface area contributed by atoms with Crippen LogP contribution in [-0.2, 0) is 0 Å². The average molecular weight is 374 g/mol. The van der Waals surface area contributed by atoms with Crippen LogP contribution in [0.25, 0.3) is 17.0 Å². The number of nitrogens with zero attached hydrogens (tertiary/aromatic N) is 3. The molecule has 1 aromatic heterocycles. The lowest BCUT2D eigenvalue weighted by Gasteiger charge is -2.35. The zero-order valence-electron chi connectivity index (χ0n) is 16.6. The van der Waals surface area contributed by atoms with Crippen molar-refractivity contribution in [2.24, 2.45) is 0 Å². The summed E-state index contributed by atoms with van der Waals surface area (Å²) in [5.41, 5.74) is 3.45. The van der Waals surface area contributed by atoms with Gasteiger partial charge in [-0.05, 0) is 30.2 Å². The zero-order chi connectivity index (χ0) is 19.3. The minimum absolute atomic E-state index is 0.840. The second-order valence-corrected chi connectivity index (χ2v) is 7.25. The van der Waals surface area contributed by atoms with Crippen LogP contribution in [0.4, 0.5) is 5.82 Å². The number of hydrogen-bond acceptors (Lipinski definition) is 4. The molecule has 0 bridgehead atoms. The summed E-state index contributed by atoms with van der Waals surface area (Å²) in [4.78, 5) is 9.80. The van der Waals surface area contributed by atoms with Crippen LogP contribution >= 0.6 is 0 Å². The first-order chi connectivity index (χ1) is 13.7. The molecule has 1 saturated heterocycles. The van der Waals surface area contributed by atoms with E-state index in [9.17, 15) is 0 Å². The number of aryl methyl sites for hydroxylation is 1. The summed E-state index contributed by atoms with van der Waals surface area (Å²) in [6, 6.07) is 18.8. The van der Waals surface area contributed by atoms with Gasteiger partial charge in [-0.25, -0.2) is 4.98 Å². The molecule has 2 aromatic carbocycles. The van der Waals surface area contributed by atoms with E-state index >= 15 is 0 Å². The Balaban J connectivity index is 1.41. The highest BCUT2D eigenvalue weighted by atomic mass is 16.5. The summed E-state index contributed by atoms with van der Waals surface area (Å²) in [5.74, 6) is 1.89. The van der Waals surface area contributed by atoms with Gasteiger partial charge < -0.3 is 9.64 Å². The fourth-order valence-electron chi connectivity index (χ4n) is 3.76. The number of anilines is 1. The van der Waals surface area contributed by atoms with Crippen molar-refractivity contribution in [2.45, 2.75) is 6.92 Å². The number of aromatic nitrogens is 1. The molecular weight excluding hydrogens is 346 g/mol. The summed E-state index contributed by atoms with van der Waals surface area (Å²) in [6.45, 7) is 7.21. The largest absolute Gasteiger partial charge is 0.494 e. The second-order valence-electron chi connectivity index (χ2n) is 7.25. The van der Waals surface area contributed by atoms with Crippen molar-refractivity contribution in [1.29, 1.82) is 0 Å². The number of rotatable bonds is 5. The molecule has 28 heavy (non-hydrogen) atoms. The van der Waals surface area contributed by atoms with E-state index in [1.807, 2.05) is 12.1 Å². The van der Waals surface area contributed by atoms with Gasteiger partial charge in [-0.2, -0.15) is 0 Å². The smallest absolute Gasteiger partial charge is 0.145 e. The van der Waals surface area contributed by atoms with Crippen LogP contribution in [0.3, 0.4) is 0 Å². The molecule has 4 heteroatoms. The van der Waals surface area contributed by atoms with Crippen LogP contribution in [0.15, 0.2) is 60.7 Å². The van der Waals surface area contributed by atoms with E-state index in [-0.39, 0.29) is 0 Å². The quantitative estimate of drug-likeness (QED) is 0.663. The van der Waals surface area contributed by atoms with Crippen LogP contribution in [0, 0.1) is 6.92 Å². The Bertz CT molecular complexity index is 960. The lowest BCUT2D eigenvalue weighted by atomic mass is 10.1. The molecule has 4 nitrogen and oxygen atoms in total. The van der Waals surface area contributed by atoms with Crippen LogP contribution < -0.4 is 9.64 Å². The molecule has 2 heterocycles. The molecule has 3 aromatic rings. The molecule has 0 N–H and O–H groups in total. The third-order valence-electron chi connectivity index (χ3n) is 5.39. The molecule has 0 aliphatic carbocycles. The Morgan fingerprint density at radius 3 is 2.54 bits per heavy atom. The zero-order valence-corrected chi connectivity index (χ0v) is 16.6. The summed E-state index contributed by atoms with van der Waals surface area (Å²) >= 11 is 0. The maximum Gasteiger partial charge on any atom is 0.145 e. The number of benzene rings is 2. The number of ether oxygens (including phenoxy) is 1. The van der Waals surface area contributed by atoms with Crippen LogP contribution in [0.1, 0.15) is 11.1 Å². The number of fused-ring (bicyclic) bond motifs is 1. The maximum absolute atomic E-state index is 5.53.